The first-order valence-electron chi connectivity index (χ1n) is 7.38. The number of likely N-dealkylation sites (tertiary alicyclic amines) is 1. The van der Waals surface area contributed by atoms with Crippen molar-refractivity contribution in [2.75, 3.05) is 13.6 Å². The molecule has 0 aromatic rings. The summed E-state index contributed by atoms with van der Waals surface area (Å²) in [6.07, 6.45) is 8.02. The Kier molecular flexibility index (Phi) is 3.18. The highest BCUT2D eigenvalue weighted by Gasteiger charge is 2.43. The molecule has 3 saturated heterocycles. The molecule has 3 aliphatic rings. The molecule has 0 aromatic carbocycles. The number of rotatable bonds is 1. The summed E-state index contributed by atoms with van der Waals surface area (Å²) in [7, 11) is 2.27. The fourth-order valence-corrected chi connectivity index (χ4v) is 4.39. The number of piperidine rings is 2. The van der Waals surface area contributed by atoms with E-state index in [-0.39, 0.29) is 0 Å². The van der Waals surface area contributed by atoms with Crippen molar-refractivity contribution in [3.05, 3.63) is 0 Å². The van der Waals surface area contributed by atoms with E-state index in [9.17, 15) is 0 Å². The quantitative estimate of drug-likeness (QED) is 0.749. The van der Waals surface area contributed by atoms with Crippen LogP contribution in [0.25, 0.3) is 0 Å². The molecule has 98 valence electrons. The molecule has 0 spiro atoms. The number of fused-ring (bicyclic) bond motifs is 2. The molecule has 0 amide bonds. The van der Waals surface area contributed by atoms with Gasteiger partial charge in [-0.05, 0) is 59.0 Å². The van der Waals surface area contributed by atoms with E-state index in [1.54, 1.807) is 0 Å². The van der Waals surface area contributed by atoms with Gasteiger partial charge in [-0.3, -0.25) is 4.90 Å². The van der Waals surface area contributed by atoms with Crippen LogP contribution >= 0.6 is 0 Å². The minimum atomic E-state index is 0.479. The van der Waals surface area contributed by atoms with Crippen molar-refractivity contribution in [3.8, 4) is 0 Å². The summed E-state index contributed by atoms with van der Waals surface area (Å²) >= 11 is 0. The maximum Gasteiger partial charge on any atom is 0.0128 e. The predicted octanol–water partition coefficient (Wildman–Crippen LogP) is 1.42. The van der Waals surface area contributed by atoms with Gasteiger partial charge in [-0.1, -0.05) is 0 Å². The van der Waals surface area contributed by atoms with Crippen molar-refractivity contribution in [2.24, 2.45) is 5.73 Å². The van der Waals surface area contributed by atoms with Crippen LogP contribution in [0, 0.1) is 0 Å². The van der Waals surface area contributed by atoms with E-state index in [2.05, 4.69) is 23.8 Å². The van der Waals surface area contributed by atoms with Crippen LogP contribution in [-0.2, 0) is 0 Å². The summed E-state index contributed by atoms with van der Waals surface area (Å²) in [4.78, 5) is 5.38. The number of nitrogens with two attached hydrogens (primary N) is 1. The maximum absolute atomic E-state index is 6.16. The topological polar surface area (TPSA) is 32.5 Å². The smallest absolute Gasteiger partial charge is 0.0128 e. The van der Waals surface area contributed by atoms with Gasteiger partial charge < -0.3 is 10.6 Å². The Bertz CT molecular complexity index is 267. The second-order valence-electron chi connectivity index (χ2n) is 6.57. The first kappa shape index (κ1) is 11.9. The third kappa shape index (κ3) is 2.13. The molecule has 3 rings (SSSR count). The standard InChI is InChI=1S/C14H27N3/c1-10-7-14(5-6-16(10)2)17-12-3-4-13(17)9-11(15)8-12/h10-14H,3-9,15H2,1-2H3. The zero-order valence-corrected chi connectivity index (χ0v) is 11.3. The van der Waals surface area contributed by atoms with Crippen LogP contribution < -0.4 is 5.73 Å². The van der Waals surface area contributed by atoms with Gasteiger partial charge in [-0.2, -0.15) is 0 Å². The van der Waals surface area contributed by atoms with Crippen LogP contribution in [0.4, 0.5) is 0 Å². The third-order valence-corrected chi connectivity index (χ3v) is 5.43. The molecule has 3 fully saturated rings. The molecule has 0 radical (unpaired) electrons. The van der Waals surface area contributed by atoms with Crippen molar-refractivity contribution in [2.45, 2.75) is 75.7 Å². The van der Waals surface area contributed by atoms with Crippen molar-refractivity contribution in [1.82, 2.24) is 9.80 Å². The SMILES string of the molecule is CC1CC(N2C3CCC2CC(N)C3)CCN1C. The molecular weight excluding hydrogens is 210 g/mol. The third-order valence-electron chi connectivity index (χ3n) is 5.43. The van der Waals surface area contributed by atoms with E-state index in [1.807, 2.05) is 0 Å². The first-order chi connectivity index (χ1) is 8.15. The summed E-state index contributed by atoms with van der Waals surface area (Å²) in [5.41, 5.74) is 6.16. The largest absolute Gasteiger partial charge is 0.328 e. The average molecular weight is 237 g/mol. The molecular formula is C14H27N3. The summed E-state index contributed by atoms with van der Waals surface area (Å²) in [6.45, 7) is 3.65. The minimum absolute atomic E-state index is 0.479. The van der Waals surface area contributed by atoms with Gasteiger partial charge in [0.2, 0.25) is 0 Å². The highest BCUT2D eigenvalue weighted by molar-refractivity contribution is 5.00. The van der Waals surface area contributed by atoms with E-state index >= 15 is 0 Å². The van der Waals surface area contributed by atoms with Crippen molar-refractivity contribution in [1.29, 1.82) is 0 Å². The fraction of sp³-hybridized carbons (Fsp3) is 1.00. The molecule has 3 aliphatic heterocycles. The van der Waals surface area contributed by atoms with Gasteiger partial charge in [0.1, 0.15) is 0 Å². The fourth-order valence-electron chi connectivity index (χ4n) is 4.39. The number of hydrogen-bond donors (Lipinski definition) is 1. The Morgan fingerprint density at radius 1 is 0.941 bits per heavy atom. The van der Waals surface area contributed by atoms with Gasteiger partial charge in [0, 0.05) is 30.2 Å². The van der Waals surface area contributed by atoms with E-state index in [0.717, 1.165) is 24.2 Å². The molecule has 17 heavy (non-hydrogen) atoms. The van der Waals surface area contributed by atoms with Gasteiger partial charge >= 0.3 is 0 Å². The lowest BCUT2D eigenvalue weighted by Gasteiger charge is -2.47. The number of nitrogens with zero attached hydrogens (tertiary/aromatic N) is 2. The molecule has 0 saturated carbocycles. The Balaban J connectivity index is 1.69. The zero-order valence-electron chi connectivity index (χ0n) is 11.3. The highest BCUT2D eigenvalue weighted by Crippen LogP contribution is 2.39. The Labute approximate surface area is 105 Å². The summed E-state index contributed by atoms with van der Waals surface area (Å²) < 4.78 is 0. The zero-order chi connectivity index (χ0) is 12.0. The lowest BCUT2D eigenvalue weighted by molar-refractivity contribution is 0.0271. The molecule has 2 N–H and O–H groups in total. The van der Waals surface area contributed by atoms with E-state index in [0.29, 0.717) is 6.04 Å². The van der Waals surface area contributed by atoms with Crippen molar-refractivity contribution < 1.29 is 0 Å². The predicted molar refractivity (Wildman–Crippen MR) is 71.0 cm³/mol. The van der Waals surface area contributed by atoms with Gasteiger partial charge in [0.15, 0.2) is 0 Å². The first-order valence-corrected chi connectivity index (χ1v) is 7.38. The summed E-state index contributed by atoms with van der Waals surface area (Å²) in [6, 6.07) is 3.69. The van der Waals surface area contributed by atoms with Gasteiger partial charge in [-0.15, -0.1) is 0 Å². The van der Waals surface area contributed by atoms with Crippen LogP contribution in [0.5, 0.6) is 0 Å². The molecule has 4 unspecified atom stereocenters. The summed E-state index contributed by atoms with van der Waals surface area (Å²) in [5.74, 6) is 0. The number of hydrogen-bond acceptors (Lipinski definition) is 3. The Morgan fingerprint density at radius 3 is 2.12 bits per heavy atom. The Morgan fingerprint density at radius 2 is 1.53 bits per heavy atom. The van der Waals surface area contributed by atoms with Crippen molar-refractivity contribution in [3.63, 3.8) is 0 Å². The second kappa shape index (κ2) is 4.52. The molecule has 3 heteroatoms. The minimum Gasteiger partial charge on any atom is -0.328 e. The maximum atomic E-state index is 6.16. The van der Waals surface area contributed by atoms with Crippen LogP contribution in [-0.4, -0.2) is 53.6 Å². The van der Waals surface area contributed by atoms with Crippen LogP contribution in [0.2, 0.25) is 0 Å². The average Bonchev–Trinajstić information content (AvgIpc) is 2.55. The second-order valence-corrected chi connectivity index (χ2v) is 6.57. The van der Waals surface area contributed by atoms with E-state index in [4.69, 9.17) is 5.73 Å². The molecule has 2 bridgehead atoms. The molecule has 0 aliphatic carbocycles. The lowest BCUT2D eigenvalue weighted by Crippen LogP contribution is -2.55. The monoisotopic (exact) mass is 237 g/mol. The van der Waals surface area contributed by atoms with Crippen LogP contribution in [0.1, 0.15) is 45.4 Å². The van der Waals surface area contributed by atoms with E-state index in [1.165, 1.54) is 45.1 Å². The van der Waals surface area contributed by atoms with Crippen molar-refractivity contribution >= 4 is 0 Å². The van der Waals surface area contributed by atoms with Crippen LogP contribution in [0.15, 0.2) is 0 Å². The van der Waals surface area contributed by atoms with E-state index < -0.39 is 0 Å². The molecule has 3 nitrogen and oxygen atoms in total. The molecule has 3 heterocycles. The molecule has 4 atom stereocenters. The molecule has 0 aromatic heterocycles. The van der Waals surface area contributed by atoms with Crippen LogP contribution in [0.3, 0.4) is 0 Å². The van der Waals surface area contributed by atoms with Gasteiger partial charge in [-0.25, -0.2) is 0 Å². The normalized spacial score (nSPS) is 48.5. The highest BCUT2D eigenvalue weighted by atomic mass is 15.3. The summed E-state index contributed by atoms with van der Waals surface area (Å²) in [5, 5.41) is 0. The van der Waals surface area contributed by atoms with Gasteiger partial charge in [0.25, 0.3) is 0 Å². The Hall–Kier alpha value is -0.120. The lowest BCUT2D eigenvalue weighted by atomic mass is 9.90. The van der Waals surface area contributed by atoms with Gasteiger partial charge in [0.05, 0.1) is 0 Å².